The molecule has 0 N–H and O–H groups in total. The highest BCUT2D eigenvalue weighted by atomic mass is 16.5. The van der Waals surface area contributed by atoms with Crippen LogP contribution in [0.4, 0.5) is 0 Å². The second-order valence-electron chi connectivity index (χ2n) is 5.13. The molecule has 0 atom stereocenters. The third kappa shape index (κ3) is 1.51. The van der Waals surface area contributed by atoms with E-state index in [1.54, 1.807) is 19.3 Å². The van der Waals surface area contributed by atoms with Gasteiger partial charge in [-0.3, -0.25) is 0 Å². The van der Waals surface area contributed by atoms with Crippen molar-refractivity contribution in [2.75, 3.05) is 7.11 Å². The van der Waals surface area contributed by atoms with E-state index in [2.05, 4.69) is 35.9 Å². The molecule has 108 valence electrons. The van der Waals surface area contributed by atoms with Crippen LogP contribution in [0.1, 0.15) is 0 Å². The molecule has 1 aliphatic heterocycles. The van der Waals surface area contributed by atoms with Crippen LogP contribution in [0.5, 0.6) is 11.5 Å². The van der Waals surface area contributed by atoms with Gasteiger partial charge in [0.1, 0.15) is 5.75 Å². The SMILES string of the molecule is C=CC1=C(C=C)n2c3ccc(OC)cc3c3cccc(c32)O1. The number of rotatable bonds is 3. The Morgan fingerprint density at radius 1 is 1.09 bits per heavy atom. The number of allylic oxidation sites excluding steroid dienone is 3. The molecule has 0 saturated heterocycles. The fraction of sp³-hybridized carbons (Fsp3) is 0.0526. The summed E-state index contributed by atoms with van der Waals surface area (Å²) in [5.41, 5.74) is 3.05. The molecular formula is C19H15NO2. The van der Waals surface area contributed by atoms with Gasteiger partial charge in [0, 0.05) is 10.8 Å². The topological polar surface area (TPSA) is 23.4 Å². The lowest BCUT2D eigenvalue weighted by molar-refractivity contribution is 0.415. The van der Waals surface area contributed by atoms with E-state index in [4.69, 9.17) is 9.47 Å². The standard InChI is InChI=1S/C19H15NO2/c1-4-15-17(5-2)22-18-8-6-7-13-14-11-12(21-3)9-10-16(14)20(15)19(13)18/h4-11H,1-2H2,3H3. The minimum Gasteiger partial charge on any atom is -0.497 e. The third-order valence-electron chi connectivity index (χ3n) is 4.05. The molecule has 0 fully saturated rings. The van der Waals surface area contributed by atoms with Crippen molar-refractivity contribution in [3.63, 3.8) is 0 Å². The average molecular weight is 289 g/mol. The fourth-order valence-electron chi connectivity index (χ4n) is 3.10. The fourth-order valence-corrected chi connectivity index (χ4v) is 3.10. The summed E-state index contributed by atoms with van der Waals surface area (Å²) in [6, 6.07) is 12.2. The van der Waals surface area contributed by atoms with Crippen LogP contribution < -0.4 is 9.47 Å². The van der Waals surface area contributed by atoms with E-state index in [1.807, 2.05) is 18.2 Å². The van der Waals surface area contributed by atoms with Gasteiger partial charge in [0.15, 0.2) is 11.5 Å². The summed E-state index contributed by atoms with van der Waals surface area (Å²) >= 11 is 0. The molecule has 0 unspecified atom stereocenters. The first-order chi connectivity index (χ1) is 10.8. The molecule has 2 heterocycles. The van der Waals surface area contributed by atoms with Crippen LogP contribution in [0.3, 0.4) is 0 Å². The van der Waals surface area contributed by atoms with Crippen molar-refractivity contribution in [3.05, 3.63) is 67.5 Å². The molecule has 3 nitrogen and oxygen atoms in total. The third-order valence-corrected chi connectivity index (χ3v) is 4.05. The van der Waals surface area contributed by atoms with Gasteiger partial charge in [0.25, 0.3) is 0 Å². The van der Waals surface area contributed by atoms with E-state index in [-0.39, 0.29) is 0 Å². The van der Waals surface area contributed by atoms with Gasteiger partial charge in [-0.2, -0.15) is 0 Å². The number of hydrogen-bond acceptors (Lipinski definition) is 2. The zero-order chi connectivity index (χ0) is 15.3. The molecule has 22 heavy (non-hydrogen) atoms. The quantitative estimate of drug-likeness (QED) is 0.695. The Kier molecular flexibility index (Phi) is 2.63. The van der Waals surface area contributed by atoms with Crippen molar-refractivity contribution in [1.29, 1.82) is 0 Å². The van der Waals surface area contributed by atoms with Crippen LogP contribution in [0, 0.1) is 0 Å². The summed E-state index contributed by atoms with van der Waals surface area (Å²) < 4.78 is 13.5. The van der Waals surface area contributed by atoms with Gasteiger partial charge in [0.05, 0.1) is 23.8 Å². The minimum atomic E-state index is 0.711. The van der Waals surface area contributed by atoms with Gasteiger partial charge in [0.2, 0.25) is 0 Å². The van der Waals surface area contributed by atoms with Gasteiger partial charge < -0.3 is 14.0 Å². The number of aromatic nitrogens is 1. The predicted octanol–water partition coefficient (Wildman–Crippen LogP) is 4.74. The number of nitrogens with zero attached hydrogens (tertiary/aromatic N) is 1. The summed E-state index contributed by atoms with van der Waals surface area (Å²) in [6.07, 6.45) is 3.52. The van der Waals surface area contributed by atoms with E-state index in [0.29, 0.717) is 5.76 Å². The molecule has 1 aromatic heterocycles. The average Bonchev–Trinajstić information content (AvgIpc) is 2.90. The van der Waals surface area contributed by atoms with Crippen LogP contribution in [0.2, 0.25) is 0 Å². The van der Waals surface area contributed by atoms with Crippen LogP contribution >= 0.6 is 0 Å². The van der Waals surface area contributed by atoms with Crippen molar-refractivity contribution >= 4 is 27.5 Å². The maximum absolute atomic E-state index is 5.98. The van der Waals surface area contributed by atoms with Crippen molar-refractivity contribution in [2.24, 2.45) is 0 Å². The van der Waals surface area contributed by atoms with Gasteiger partial charge in [-0.05, 0) is 36.4 Å². The molecule has 0 spiro atoms. The van der Waals surface area contributed by atoms with E-state index < -0.39 is 0 Å². The number of benzene rings is 2. The summed E-state index contributed by atoms with van der Waals surface area (Å²) in [5, 5.41) is 2.26. The molecule has 0 radical (unpaired) electrons. The maximum atomic E-state index is 5.98. The van der Waals surface area contributed by atoms with Gasteiger partial charge in [-0.1, -0.05) is 25.3 Å². The zero-order valence-corrected chi connectivity index (χ0v) is 12.3. The van der Waals surface area contributed by atoms with Crippen LogP contribution in [-0.2, 0) is 0 Å². The number of ether oxygens (including phenoxy) is 2. The molecule has 0 saturated carbocycles. The van der Waals surface area contributed by atoms with Crippen molar-refractivity contribution < 1.29 is 9.47 Å². The highest BCUT2D eigenvalue weighted by Crippen LogP contribution is 2.42. The molecular weight excluding hydrogens is 274 g/mol. The second-order valence-corrected chi connectivity index (χ2v) is 5.13. The van der Waals surface area contributed by atoms with Crippen molar-refractivity contribution in [1.82, 2.24) is 4.57 Å². The lowest BCUT2D eigenvalue weighted by Gasteiger charge is -2.20. The second kappa shape index (κ2) is 4.53. The molecule has 1 aliphatic rings. The Labute approximate surface area is 128 Å². The largest absolute Gasteiger partial charge is 0.497 e. The smallest absolute Gasteiger partial charge is 0.152 e. The van der Waals surface area contributed by atoms with Crippen LogP contribution in [-0.4, -0.2) is 11.7 Å². The lowest BCUT2D eigenvalue weighted by atomic mass is 10.1. The van der Waals surface area contributed by atoms with E-state index in [1.165, 1.54) is 0 Å². The summed E-state index contributed by atoms with van der Waals surface area (Å²) in [4.78, 5) is 0. The molecule has 3 aromatic rings. The molecule has 0 amide bonds. The van der Waals surface area contributed by atoms with Gasteiger partial charge >= 0.3 is 0 Å². The van der Waals surface area contributed by atoms with E-state index in [9.17, 15) is 0 Å². The first-order valence-corrected chi connectivity index (χ1v) is 7.07. The van der Waals surface area contributed by atoms with Crippen molar-refractivity contribution in [3.8, 4) is 11.5 Å². The number of methoxy groups -OCH3 is 1. The van der Waals surface area contributed by atoms with E-state index >= 15 is 0 Å². The Bertz CT molecular complexity index is 976. The van der Waals surface area contributed by atoms with Crippen LogP contribution in [0.25, 0.3) is 27.5 Å². The highest BCUT2D eigenvalue weighted by molar-refractivity contribution is 6.13. The van der Waals surface area contributed by atoms with Gasteiger partial charge in [-0.15, -0.1) is 0 Å². The van der Waals surface area contributed by atoms with E-state index in [0.717, 1.165) is 39.0 Å². The first-order valence-electron chi connectivity index (χ1n) is 7.07. The van der Waals surface area contributed by atoms with Crippen LogP contribution in [0.15, 0.2) is 67.5 Å². The number of para-hydroxylation sites is 1. The molecule has 4 rings (SSSR count). The van der Waals surface area contributed by atoms with Crippen molar-refractivity contribution in [2.45, 2.75) is 0 Å². The maximum Gasteiger partial charge on any atom is 0.152 e. The highest BCUT2D eigenvalue weighted by Gasteiger charge is 2.23. The number of fused-ring (bicyclic) bond motifs is 3. The summed E-state index contributed by atoms with van der Waals surface area (Å²) in [6.45, 7) is 7.78. The normalized spacial score (nSPS) is 13.3. The molecule has 3 heteroatoms. The van der Waals surface area contributed by atoms with Gasteiger partial charge in [-0.25, -0.2) is 0 Å². The molecule has 0 bridgehead atoms. The Morgan fingerprint density at radius 3 is 2.68 bits per heavy atom. The minimum absolute atomic E-state index is 0.711. The number of hydrogen-bond donors (Lipinski definition) is 0. The monoisotopic (exact) mass is 289 g/mol. The zero-order valence-electron chi connectivity index (χ0n) is 12.3. The molecule has 2 aromatic carbocycles. The first kappa shape index (κ1) is 12.8. The Balaban J connectivity index is 2.25. The summed E-state index contributed by atoms with van der Waals surface area (Å²) in [5.74, 6) is 2.38. The summed E-state index contributed by atoms with van der Waals surface area (Å²) in [7, 11) is 1.68. The Hall–Kier alpha value is -2.94. The predicted molar refractivity (Wildman–Crippen MR) is 90.2 cm³/mol. The Morgan fingerprint density at radius 2 is 1.95 bits per heavy atom. The molecule has 0 aliphatic carbocycles. The lowest BCUT2D eigenvalue weighted by Crippen LogP contribution is -2.08.